The SMILES string of the molecule is CN1CC2C3CCC(C(C)(C)C)[C@@]3(C)CCC2[C@@]2(C)CCCCC12. The molecule has 0 N–H and O–H groups in total. The lowest BCUT2D eigenvalue weighted by Crippen LogP contribution is -2.63. The van der Waals surface area contributed by atoms with Crippen LogP contribution in [0.3, 0.4) is 0 Å². The van der Waals surface area contributed by atoms with Crippen molar-refractivity contribution in [3.8, 4) is 0 Å². The van der Waals surface area contributed by atoms with Crippen LogP contribution in [0.4, 0.5) is 0 Å². The van der Waals surface area contributed by atoms with Gasteiger partial charge in [-0.25, -0.2) is 0 Å². The van der Waals surface area contributed by atoms with E-state index in [1.165, 1.54) is 57.9 Å². The lowest BCUT2D eigenvalue weighted by molar-refractivity contribution is -0.140. The van der Waals surface area contributed by atoms with Crippen molar-refractivity contribution in [2.75, 3.05) is 13.6 Å². The first kappa shape index (κ1) is 17.4. The van der Waals surface area contributed by atoms with Gasteiger partial charge in [0.15, 0.2) is 0 Å². The van der Waals surface area contributed by atoms with Gasteiger partial charge in [-0.3, -0.25) is 0 Å². The third-order valence-electron chi connectivity index (χ3n) is 9.56. The van der Waals surface area contributed by atoms with Crippen LogP contribution in [0.2, 0.25) is 0 Å². The Kier molecular flexibility index (Phi) is 3.97. The molecular formula is C23H41N. The fourth-order valence-electron chi connectivity index (χ4n) is 8.74. The standard InChI is InChI=1S/C23H41N/c1-21(2,3)19-11-10-17-16-15-24(6)20-9-7-8-13-23(20,5)18(16)12-14-22(17,19)4/h16-20H,7-15H2,1-6H3/t16?,17?,18?,19?,20?,22-,23+/m0/s1. The maximum atomic E-state index is 2.80. The molecule has 7 atom stereocenters. The van der Waals surface area contributed by atoms with Crippen molar-refractivity contribution in [1.82, 2.24) is 4.90 Å². The van der Waals surface area contributed by atoms with Crippen LogP contribution in [0.1, 0.15) is 86.0 Å². The Bertz CT molecular complexity index is 491. The Morgan fingerprint density at radius 1 is 0.833 bits per heavy atom. The first-order valence-electron chi connectivity index (χ1n) is 10.9. The summed E-state index contributed by atoms with van der Waals surface area (Å²) in [7, 11) is 2.45. The minimum Gasteiger partial charge on any atom is -0.303 e. The molecule has 4 aliphatic rings. The molecular weight excluding hydrogens is 290 g/mol. The summed E-state index contributed by atoms with van der Waals surface area (Å²) in [5.74, 6) is 3.90. The van der Waals surface area contributed by atoms with Crippen molar-refractivity contribution < 1.29 is 0 Å². The quantitative estimate of drug-likeness (QED) is 0.527. The van der Waals surface area contributed by atoms with Crippen molar-refractivity contribution in [2.24, 2.45) is 39.9 Å². The molecule has 0 spiro atoms. The molecule has 138 valence electrons. The third kappa shape index (κ3) is 2.29. The van der Waals surface area contributed by atoms with Gasteiger partial charge in [0.05, 0.1) is 0 Å². The minimum atomic E-state index is 0.480. The van der Waals surface area contributed by atoms with Crippen molar-refractivity contribution in [3.63, 3.8) is 0 Å². The van der Waals surface area contributed by atoms with Crippen LogP contribution >= 0.6 is 0 Å². The molecule has 4 rings (SSSR count). The Hall–Kier alpha value is -0.0400. The lowest BCUT2D eigenvalue weighted by atomic mass is 9.47. The van der Waals surface area contributed by atoms with E-state index in [-0.39, 0.29) is 0 Å². The molecule has 1 heteroatoms. The molecule has 1 heterocycles. The van der Waals surface area contributed by atoms with E-state index in [1.807, 2.05) is 0 Å². The predicted molar refractivity (Wildman–Crippen MR) is 103 cm³/mol. The monoisotopic (exact) mass is 331 g/mol. The number of likely N-dealkylation sites (tertiary alicyclic amines) is 1. The van der Waals surface area contributed by atoms with Gasteiger partial charge in [0.25, 0.3) is 0 Å². The van der Waals surface area contributed by atoms with E-state index in [4.69, 9.17) is 0 Å². The van der Waals surface area contributed by atoms with Crippen LogP contribution in [0.15, 0.2) is 0 Å². The van der Waals surface area contributed by atoms with E-state index < -0.39 is 0 Å². The fraction of sp³-hybridized carbons (Fsp3) is 1.00. The number of nitrogens with zero attached hydrogens (tertiary/aromatic N) is 1. The van der Waals surface area contributed by atoms with Gasteiger partial charge in [0.1, 0.15) is 0 Å². The van der Waals surface area contributed by atoms with E-state index in [0.29, 0.717) is 16.2 Å². The smallest absolute Gasteiger partial charge is 0.0149 e. The summed E-state index contributed by atoms with van der Waals surface area (Å²) in [6.45, 7) is 14.3. The Labute approximate surface area is 151 Å². The topological polar surface area (TPSA) is 3.24 Å². The van der Waals surface area contributed by atoms with Gasteiger partial charge in [-0.1, -0.05) is 47.5 Å². The molecule has 5 unspecified atom stereocenters. The number of hydrogen-bond acceptors (Lipinski definition) is 1. The van der Waals surface area contributed by atoms with Crippen molar-refractivity contribution >= 4 is 0 Å². The maximum absolute atomic E-state index is 2.80. The molecule has 0 aromatic carbocycles. The summed E-state index contributed by atoms with van der Waals surface area (Å²) in [5.41, 5.74) is 1.70. The van der Waals surface area contributed by atoms with Crippen LogP contribution in [0.25, 0.3) is 0 Å². The van der Waals surface area contributed by atoms with Gasteiger partial charge in [-0.05, 0) is 85.5 Å². The van der Waals surface area contributed by atoms with Crippen LogP contribution in [-0.4, -0.2) is 24.5 Å². The van der Waals surface area contributed by atoms with Crippen molar-refractivity contribution in [1.29, 1.82) is 0 Å². The summed E-state index contributed by atoms with van der Waals surface area (Å²) in [5, 5.41) is 0. The van der Waals surface area contributed by atoms with E-state index in [0.717, 1.165) is 29.7 Å². The third-order valence-corrected chi connectivity index (χ3v) is 9.56. The van der Waals surface area contributed by atoms with E-state index in [9.17, 15) is 0 Å². The average Bonchev–Trinajstić information content (AvgIpc) is 2.85. The summed E-state index contributed by atoms with van der Waals surface area (Å²) < 4.78 is 0. The number of rotatable bonds is 0. The fourth-order valence-corrected chi connectivity index (χ4v) is 8.74. The second kappa shape index (κ2) is 5.48. The molecule has 1 nitrogen and oxygen atoms in total. The number of fused-ring (bicyclic) bond motifs is 5. The van der Waals surface area contributed by atoms with Gasteiger partial charge >= 0.3 is 0 Å². The van der Waals surface area contributed by atoms with Crippen LogP contribution < -0.4 is 0 Å². The molecule has 0 aromatic rings. The molecule has 1 aliphatic heterocycles. The van der Waals surface area contributed by atoms with Crippen molar-refractivity contribution in [3.05, 3.63) is 0 Å². The van der Waals surface area contributed by atoms with Crippen LogP contribution in [-0.2, 0) is 0 Å². The molecule has 4 fully saturated rings. The molecule has 0 amide bonds. The average molecular weight is 332 g/mol. The largest absolute Gasteiger partial charge is 0.303 e. The van der Waals surface area contributed by atoms with Gasteiger partial charge in [0.2, 0.25) is 0 Å². The highest BCUT2D eigenvalue weighted by atomic mass is 15.2. The normalized spacial score (nSPS) is 52.5. The second-order valence-electron chi connectivity index (χ2n) is 11.6. The zero-order valence-corrected chi connectivity index (χ0v) is 17.2. The predicted octanol–water partition coefficient (Wildman–Crippen LogP) is 5.99. The summed E-state index contributed by atoms with van der Waals surface area (Å²) >= 11 is 0. The molecule has 1 saturated heterocycles. The summed E-state index contributed by atoms with van der Waals surface area (Å²) in [6, 6.07) is 0.872. The van der Waals surface area contributed by atoms with Gasteiger partial charge in [0, 0.05) is 12.6 Å². The molecule has 3 aliphatic carbocycles. The van der Waals surface area contributed by atoms with Crippen LogP contribution in [0, 0.1) is 39.9 Å². The zero-order chi connectivity index (χ0) is 17.3. The summed E-state index contributed by atoms with van der Waals surface area (Å²) in [6.07, 6.45) is 11.9. The first-order valence-corrected chi connectivity index (χ1v) is 10.9. The van der Waals surface area contributed by atoms with Crippen LogP contribution in [0.5, 0.6) is 0 Å². The Morgan fingerprint density at radius 2 is 1.54 bits per heavy atom. The number of hydrogen-bond donors (Lipinski definition) is 0. The highest BCUT2D eigenvalue weighted by Crippen LogP contribution is 2.67. The van der Waals surface area contributed by atoms with Gasteiger partial charge in [-0.15, -0.1) is 0 Å². The second-order valence-corrected chi connectivity index (χ2v) is 11.6. The first-order chi connectivity index (χ1) is 11.2. The molecule has 3 saturated carbocycles. The molecule has 0 radical (unpaired) electrons. The minimum absolute atomic E-state index is 0.480. The highest BCUT2D eigenvalue weighted by molar-refractivity contribution is 5.12. The highest BCUT2D eigenvalue weighted by Gasteiger charge is 2.61. The summed E-state index contributed by atoms with van der Waals surface area (Å²) in [4.78, 5) is 2.80. The van der Waals surface area contributed by atoms with E-state index in [1.54, 1.807) is 0 Å². The Morgan fingerprint density at radius 3 is 2.25 bits per heavy atom. The van der Waals surface area contributed by atoms with E-state index >= 15 is 0 Å². The van der Waals surface area contributed by atoms with Gasteiger partial charge < -0.3 is 4.90 Å². The molecule has 24 heavy (non-hydrogen) atoms. The number of piperidine rings is 1. The zero-order valence-electron chi connectivity index (χ0n) is 17.2. The molecule has 0 aromatic heterocycles. The molecule has 0 bridgehead atoms. The van der Waals surface area contributed by atoms with E-state index in [2.05, 4.69) is 46.6 Å². The Balaban J connectivity index is 1.66. The maximum Gasteiger partial charge on any atom is 0.0149 e. The van der Waals surface area contributed by atoms with Crippen molar-refractivity contribution in [2.45, 2.75) is 92.0 Å². The lowest BCUT2D eigenvalue weighted by Gasteiger charge is -2.63. The van der Waals surface area contributed by atoms with Gasteiger partial charge in [-0.2, -0.15) is 0 Å².